The van der Waals surface area contributed by atoms with Crippen LogP contribution < -0.4 is 4.74 Å². The lowest BCUT2D eigenvalue weighted by Crippen LogP contribution is -2.01. The second-order valence-electron chi connectivity index (χ2n) is 4.59. The molecule has 0 saturated carbocycles. The zero-order chi connectivity index (χ0) is 12.8. The van der Waals surface area contributed by atoms with Crippen molar-refractivity contribution in [3.8, 4) is 5.75 Å². The standard InChI is InChI=1S/C15H22O2/c1-5-13-9-12(7-6-8-16)10-14(11(2)3)15(13)17-4/h8-11H,5-7H2,1-4H3. The van der Waals surface area contributed by atoms with Gasteiger partial charge in [-0.3, -0.25) is 0 Å². The Hall–Kier alpha value is -1.31. The van der Waals surface area contributed by atoms with Gasteiger partial charge in [-0.15, -0.1) is 0 Å². The highest BCUT2D eigenvalue weighted by molar-refractivity contribution is 5.51. The fraction of sp³-hybridized carbons (Fsp3) is 0.533. The molecule has 2 nitrogen and oxygen atoms in total. The van der Waals surface area contributed by atoms with Crippen LogP contribution >= 0.6 is 0 Å². The Morgan fingerprint density at radius 3 is 2.53 bits per heavy atom. The van der Waals surface area contributed by atoms with Crippen molar-refractivity contribution in [1.82, 2.24) is 0 Å². The van der Waals surface area contributed by atoms with E-state index in [2.05, 4.69) is 32.9 Å². The van der Waals surface area contributed by atoms with E-state index in [0.717, 1.165) is 24.9 Å². The average molecular weight is 234 g/mol. The lowest BCUT2D eigenvalue weighted by atomic mass is 9.93. The van der Waals surface area contributed by atoms with E-state index >= 15 is 0 Å². The van der Waals surface area contributed by atoms with Crippen molar-refractivity contribution in [2.24, 2.45) is 0 Å². The molecule has 0 aromatic heterocycles. The van der Waals surface area contributed by atoms with Gasteiger partial charge in [-0.25, -0.2) is 0 Å². The number of carbonyl (C=O) groups is 1. The van der Waals surface area contributed by atoms with E-state index in [9.17, 15) is 4.79 Å². The van der Waals surface area contributed by atoms with Gasteiger partial charge in [-0.2, -0.15) is 0 Å². The molecule has 94 valence electrons. The number of methoxy groups -OCH3 is 1. The number of aldehydes is 1. The van der Waals surface area contributed by atoms with Crippen molar-refractivity contribution in [2.75, 3.05) is 7.11 Å². The summed E-state index contributed by atoms with van der Waals surface area (Å²) in [6.07, 6.45) is 3.34. The minimum atomic E-state index is 0.437. The van der Waals surface area contributed by atoms with Crippen LogP contribution in [-0.4, -0.2) is 13.4 Å². The molecule has 0 unspecified atom stereocenters. The van der Waals surface area contributed by atoms with E-state index in [1.807, 2.05) is 0 Å². The first-order valence-corrected chi connectivity index (χ1v) is 6.27. The molecular formula is C15H22O2. The van der Waals surface area contributed by atoms with Crippen molar-refractivity contribution < 1.29 is 9.53 Å². The van der Waals surface area contributed by atoms with Crippen molar-refractivity contribution >= 4 is 6.29 Å². The van der Waals surface area contributed by atoms with E-state index < -0.39 is 0 Å². The summed E-state index contributed by atoms with van der Waals surface area (Å²) in [7, 11) is 1.73. The van der Waals surface area contributed by atoms with Crippen LogP contribution in [0.5, 0.6) is 5.75 Å². The van der Waals surface area contributed by atoms with Crippen LogP contribution in [0.2, 0.25) is 0 Å². The molecule has 0 aliphatic rings. The molecule has 0 fully saturated rings. The second-order valence-corrected chi connectivity index (χ2v) is 4.59. The number of aryl methyl sites for hydroxylation is 2. The summed E-state index contributed by atoms with van der Waals surface area (Å²) in [5.41, 5.74) is 3.71. The topological polar surface area (TPSA) is 26.3 Å². The predicted molar refractivity (Wildman–Crippen MR) is 70.8 cm³/mol. The van der Waals surface area contributed by atoms with Gasteiger partial charge in [0.05, 0.1) is 7.11 Å². The summed E-state index contributed by atoms with van der Waals surface area (Å²) < 4.78 is 5.52. The fourth-order valence-corrected chi connectivity index (χ4v) is 2.09. The van der Waals surface area contributed by atoms with Crippen molar-refractivity contribution in [3.05, 3.63) is 28.8 Å². The van der Waals surface area contributed by atoms with E-state index in [1.54, 1.807) is 7.11 Å². The molecule has 1 aromatic rings. The highest BCUT2D eigenvalue weighted by Gasteiger charge is 2.13. The molecule has 0 spiro atoms. The van der Waals surface area contributed by atoms with Gasteiger partial charge in [-0.1, -0.05) is 32.9 Å². The van der Waals surface area contributed by atoms with Gasteiger partial charge in [0, 0.05) is 6.42 Å². The number of carbonyl (C=O) groups excluding carboxylic acids is 1. The Morgan fingerprint density at radius 1 is 1.35 bits per heavy atom. The normalized spacial score (nSPS) is 10.6. The molecule has 0 aliphatic heterocycles. The monoisotopic (exact) mass is 234 g/mol. The van der Waals surface area contributed by atoms with Crippen LogP contribution in [-0.2, 0) is 17.6 Å². The van der Waals surface area contributed by atoms with Crippen molar-refractivity contribution in [1.29, 1.82) is 0 Å². The van der Waals surface area contributed by atoms with E-state index in [-0.39, 0.29) is 0 Å². The first kappa shape index (κ1) is 13.8. The van der Waals surface area contributed by atoms with E-state index in [1.165, 1.54) is 16.7 Å². The van der Waals surface area contributed by atoms with Gasteiger partial charge in [0.1, 0.15) is 12.0 Å². The first-order valence-electron chi connectivity index (χ1n) is 6.27. The molecule has 0 amide bonds. The highest BCUT2D eigenvalue weighted by atomic mass is 16.5. The maximum absolute atomic E-state index is 10.4. The Bertz CT molecular complexity index is 381. The highest BCUT2D eigenvalue weighted by Crippen LogP contribution is 2.32. The molecule has 0 atom stereocenters. The van der Waals surface area contributed by atoms with Gasteiger partial charge in [-0.05, 0) is 35.4 Å². The zero-order valence-electron chi connectivity index (χ0n) is 11.2. The number of benzene rings is 1. The van der Waals surface area contributed by atoms with Gasteiger partial charge >= 0.3 is 0 Å². The molecule has 1 rings (SSSR count). The molecular weight excluding hydrogens is 212 g/mol. The Kier molecular flexibility index (Phi) is 5.20. The lowest BCUT2D eigenvalue weighted by molar-refractivity contribution is -0.107. The minimum absolute atomic E-state index is 0.437. The van der Waals surface area contributed by atoms with Gasteiger partial charge in [0.25, 0.3) is 0 Å². The smallest absolute Gasteiger partial charge is 0.125 e. The lowest BCUT2D eigenvalue weighted by Gasteiger charge is -2.17. The summed E-state index contributed by atoms with van der Waals surface area (Å²) in [6, 6.07) is 4.33. The number of hydrogen-bond acceptors (Lipinski definition) is 2. The van der Waals surface area contributed by atoms with E-state index in [0.29, 0.717) is 12.3 Å². The van der Waals surface area contributed by atoms with Crippen molar-refractivity contribution in [3.63, 3.8) is 0 Å². The maximum Gasteiger partial charge on any atom is 0.125 e. The van der Waals surface area contributed by atoms with E-state index in [4.69, 9.17) is 4.74 Å². The maximum atomic E-state index is 10.4. The molecule has 0 bridgehead atoms. The average Bonchev–Trinajstić information content (AvgIpc) is 2.34. The molecule has 0 heterocycles. The van der Waals surface area contributed by atoms with Gasteiger partial charge in [0.15, 0.2) is 0 Å². The number of ether oxygens (including phenoxy) is 1. The molecule has 0 saturated heterocycles. The largest absolute Gasteiger partial charge is 0.496 e. The van der Waals surface area contributed by atoms with Gasteiger partial charge < -0.3 is 9.53 Å². The second kappa shape index (κ2) is 6.43. The predicted octanol–water partition coefficient (Wildman–Crippen LogP) is 3.51. The number of rotatable bonds is 6. The third-order valence-corrected chi connectivity index (χ3v) is 3.01. The summed E-state index contributed by atoms with van der Waals surface area (Å²) in [4.78, 5) is 10.4. The van der Waals surface area contributed by atoms with Crippen LogP contribution in [0.1, 0.15) is 49.8 Å². The van der Waals surface area contributed by atoms with Gasteiger partial charge in [0.2, 0.25) is 0 Å². The summed E-state index contributed by atoms with van der Waals surface area (Å²) in [5, 5.41) is 0. The Labute approximate surface area is 104 Å². The summed E-state index contributed by atoms with van der Waals surface area (Å²) in [5.74, 6) is 1.45. The van der Waals surface area contributed by atoms with Crippen LogP contribution in [0.4, 0.5) is 0 Å². The molecule has 2 heteroatoms. The summed E-state index contributed by atoms with van der Waals surface area (Å²) in [6.45, 7) is 6.47. The third kappa shape index (κ3) is 3.32. The SMILES string of the molecule is CCc1cc(CCC=O)cc(C(C)C)c1OC. The Morgan fingerprint density at radius 2 is 2.06 bits per heavy atom. The molecule has 0 aliphatic carbocycles. The van der Waals surface area contributed by atoms with Crippen LogP contribution in [0.25, 0.3) is 0 Å². The fourth-order valence-electron chi connectivity index (χ4n) is 2.09. The van der Waals surface area contributed by atoms with Crippen molar-refractivity contribution in [2.45, 2.75) is 46.0 Å². The molecule has 0 N–H and O–H groups in total. The number of hydrogen-bond donors (Lipinski definition) is 0. The quantitative estimate of drug-likeness (QED) is 0.704. The first-order chi connectivity index (χ1) is 8.13. The van der Waals surface area contributed by atoms with Crippen LogP contribution in [0, 0.1) is 0 Å². The van der Waals surface area contributed by atoms with Crippen LogP contribution in [0.15, 0.2) is 12.1 Å². The summed E-state index contributed by atoms with van der Waals surface area (Å²) >= 11 is 0. The molecule has 0 radical (unpaired) electrons. The van der Waals surface area contributed by atoms with Crippen LogP contribution in [0.3, 0.4) is 0 Å². The molecule has 1 aromatic carbocycles. The molecule has 17 heavy (non-hydrogen) atoms. The zero-order valence-corrected chi connectivity index (χ0v) is 11.2. The third-order valence-electron chi connectivity index (χ3n) is 3.01. The Balaban J connectivity index is 3.19. The minimum Gasteiger partial charge on any atom is -0.496 e.